The van der Waals surface area contributed by atoms with E-state index in [1.54, 1.807) is 6.20 Å². The first-order valence-corrected chi connectivity index (χ1v) is 11.6. The number of carbonyl (C=O) groups excluding carboxylic acids is 1. The number of nitrogens with zero attached hydrogens (tertiary/aromatic N) is 1. The summed E-state index contributed by atoms with van der Waals surface area (Å²) in [7, 11) is 0. The number of aromatic nitrogens is 1. The molecule has 0 aliphatic carbocycles. The highest BCUT2D eigenvalue weighted by molar-refractivity contribution is 9.11. The number of pyridine rings is 1. The van der Waals surface area contributed by atoms with Crippen LogP contribution in [0, 0.1) is 6.92 Å². The molecule has 32 heavy (non-hydrogen) atoms. The molecule has 3 nitrogen and oxygen atoms in total. The first-order chi connectivity index (χ1) is 15.7. The van der Waals surface area contributed by atoms with Crippen LogP contribution in [0.4, 0.5) is 5.69 Å². The third-order valence-electron chi connectivity index (χ3n) is 5.64. The maximum absolute atomic E-state index is 13.4. The van der Waals surface area contributed by atoms with Gasteiger partial charge in [-0.25, -0.2) is 0 Å². The summed E-state index contributed by atoms with van der Waals surface area (Å²) in [5, 5.41) is 4.10. The fraction of sp³-hybridized carbons (Fsp3) is 0.143. The van der Waals surface area contributed by atoms with Crippen LogP contribution in [0.2, 0.25) is 0 Å². The molecule has 0 bridgehead atoms. The number of hydrogen-bond acceptors (Lipinski definition) is 2. The van der Waals surface area contributed by atoms with Crippen LogP contribution < -0.4 is 5.32 Å². The Morgan fingerprint density at radius 1 is 1.03 bits per heavy atom. The number of amides is 1. The average Bonchev–Trinajstić information content (AvgIpc) is 2.83. The minimum absolute atomic E-state index is 0.107. The average molecular weight is 485 g/mol. The summed E-state index contributed by atoms with van der Waals surface area (Å²) in [6, 6.07) is 26.3. The van der Waals surface area contributed by atoms with Crippen LogP contribution in [0.1, 0.15) is 39.4 Å². The topological polar surface area (TPSA) is 42.0 Å². The van der Waals surface area contributed by atoms with Gasteiger partial charge in [0, 0.05) is 17.1 Å². The van der Waals surface area contributed by atoms with Crippen LogP contribution in [-0.4, -0.2) is 10.9 Å². The number of nitrogens with one attached hydrogen (secondary N) is 1. The highest BCUT2D eigenvalue weighted by Crippen LogP contribution is 2.28. The van der Waals surface area contributed by atoms with E-state index in [-0.39, 0.29) is 11.8 Å². The Morgan fingerprint density at radius 3 is 2.66 bits per heavy atom. The van der Waals surface area contributed by atoms with Crippen molar-refractivity contribution in [3.05, 3.63) is 118 Å². The molecule has 4 rings (SSSR count). The number of anilines is 1. The third kappa shape index (κ3) is 5.14. The number of halogens is 1. The van der Waals surface area contributed by atoms with Crippen molar-refractivity contribution in [2.45, 2.75) is 25.7 Å². The Hall–Kier alpha value is -3.24. The first kappa shape index (κ1) is 22.0. The number of benzene rings is 3. The normalized spacial score (nSPS) is 12.2. The largest absolute Gasteiger partial charge is 0.320 e. The lowest BCUT2D eigenvalue weighted by Gasteiger charge is -2.19. The molecule has 160 valence electrons. The van der Waals surface area contributed by atoms with Gasteiger partial charge in [-0.1, -0.05) is 88.2 Å². The lowest BCUT2D eigenvalue weighted by atomic mass is 9.87. The molecule has 0 saturated heterocycles. The molecule has 1 amide bonds. The minimum Gasteiger partial charge on any atom is -0.320 e. The number of allylic oxidation sites excluding steroid dienone is 1. The molecule has 0 aliphatic rings. The van der Waals surface area contributed by atoms with Gasteiger partial charge >= 0.3 is 0 Å². The van der Waals surface area contributed by atoms with E-state index in [0.29, 0.717) is 5.56 Å². The Kier molecular flexibility index (Phi) is 7.13. The van der Waals surface area contributed by atoms with Crippen molar-refractivity contribution in [1.82, 2.24) is 4.98 Å². The van der Waals surface area contributed by atoms with Crippen molar-refractivity contribution in [1.29, 1.82) is 0 Å². The lowest BCUT2D eigenvalue weighted by molar-refractivity contribution is 0.102. The molecule has 1 heterocycles. The van der Waals surface area contributed by atoms with Crippen LogP contribution in [0.25, 0.3) is 10.9 Å². The monoisotopic (exact) mass is 484 g/mol. The van der Waals surface area contributed by atoms with Crippen LogP contribution in [0.15, 0.2) is 96.1 Å². The predicted molar refractivity (Wildman–Crippen MR) is 136 cm³/mol. The zero-order chi connectivity index (χ0) is 22.3. The van der Waals surface area contributed by atoms with Gasteiger partial charge in [0.1, 0.15) is 0 Å². The summed E-state index contributed by atoms with van der Waals surface area (Å²) in [6.45, 7) is 2.02. The molecule has 0 aliphatic heterocycles. The molecule has 1 unspecified atom stereocenters. The first-order valence-electron chi connectivity index (χ1n) is 10.7. The van der Waals surface area contributed by atoms with E-state index in [2.05, 4.69) is 68.7 Å². The predicted octanol–water partition coefficient (Wildman–Crippen LogP) is 7.42. The maximum Gasteiger partial charge on any atom is 0.256 e. The third-order valence-corrected chi connectivity index (χ3v) is 6.01. The summed E-state index contributed by atoms with van der Waals surface area (Å²) in [6.07, 6.45) is 5.53. The molecule has 3 aromatic carbocycles. The fourth-order valence-corrected chi connectivity index (χ4v) is 4.23. The van der Waals surface area contributed by atoms with E-state index in [1.165, 1.54) is 5.56 Å². The molecule has 1 atom stereocenters. The summed E-state index contributed by atoms with van der Waals surface area (Å²) in [5.41, 5.74) is 5.60. The van der Waals surface area contributed by atoms with Gasteiger partial charge in [-0.05, 0) is 60.0 Å². The van der Waals surface area contributed by atoms with Crippen molar-refractivity contribution in [3.63, 3.8) is 0 Å². The zero-order valence-corrected chi connectivity index (χ0v) is 19.5. The SMILES string of the molecule is Cc1ccc(CC(C/C=C/Br)c2ccccc2)c(C(=O)Nc2cccc3cccnc23)c1. The molecule has 1 aromatic heterocycles. The minimum atomic E-state index is -0.107. The smallest absolute Gasteiger partial charge is 0.256 e. The maximum atomic E-state index is 13.4. The fourth-order valence-electron chi connectivity index (χ4n) is 4.02. The summed E-state index contributed by atoms with van der Waals surface area (Å²) >= 11 is 3.39. The number of fused-ring (bicyclic) bond motifs is 1. The second kappa shape index (κ2) is 10.4. The molecule has 0 spiro atoms. The Morgan fingerprint density at radius 2 is 1.84 bits per heavy atom. The van der Waals surface area contributed by atoms with Crippen LogP contribution in [0.3, 0.4) is 0 Å². The summed E-state index contributed by atoms with van der Waals surface area (Å²) in [4.78, 5) is 19.8. The van der Waals surface area contributed by atoms with Crippen LogP contribution in [0.5, 0.6) is 0 Å². The van der Waals surface area contributed by atoms with E-state index in [0.717, 1.165) is 40.6 Å². The Bertz CT molecular complexity index is 1250. The molecule has 0 radical (unpaired) electrons. The second-order valence-electron chi connectivity index (χ2n) is 7.90. The van der Waals surface area contributed by atoms with Gasteiger partial charge in [-0.2, -0.15) is 0 Å². The summed E-state index contributed by atoms with van der Waals surface area (Å²) < 4.78 is 0. The molecule has 4 aromatic rings. The quantitative estimate of drug-likeness (QED) is 0.296. The van der Waals surface area contributed by atoms with Crippen LogP contribution >= 0.6 is 15.9 Å². The highest BCUT2D eigenvalue weighted by Gasteiger charge is 2.18. The Balaban J connectivity index is 1.66. The molecule has 1 N–H and O–H groups in total. The number of hydrogen-bond donors (Lipinski definition) is 1. The van der Waals surface area contributed by atoms with Gasteiger partial charge < -0.3 is 5.32 Å². The van der Waals surface area contributed by atoms with E-state index in [4.69, 9.17) is 0 Å². The zero-order valence-electron chi connectivity index (χ0n) is 18.0. The van der Waals surface area contributed by atoms with Gasteiger partial charge in [-0.3, -0.25) is 9.78 Å². The summed E-state index contributed by atoms with van der Waals surface area (Å²) in [5.74, 6) is 0.170. The number of aryl methyl sites for hydroxylation is 1. The molecular weight excluding hydrogens is 460 g/mol. The number of rotatable bonds is 7. The highest BCUT2D eigenvalue weighted by atomic mass is 79.9. The molecular formula is C28H25BrN2O. The van der Waals surface area contributed by atoms with Gasteiger partial charge in [0.2, 0.25) is 0 Å². The van der Waals surface area contributed by atoms with E-state index in [1.807, 2.05) is 54.4 Å². The molecule has 4 heteroatoms. The number of carbonyl (C=O) groups is 1. The van der Waals surface area contributed by atoms with Gasteiger partial charge in [-0.15, -0.1) is 0 Å². The van der Waals surface area contributed by atoms with E-state index >= 15 is 0 Å². The van der Waals surface area contributed by atoms with Crippen LogP contribution in [-0.2, 0) is 6.42 Å². The van der Waals surface area contributed by atoms with Gasteiger partial charge in [0.25, 0.3) is 5.91 Å². The van der Waals surface area contributed by atoms with Gasteiger partial charge in [0.15, 0.2) is 0 Å². The van der Waals surface area contributed by atoms with Crippen molar-refractivity contribution >= 4 is 38.4 Å². The second-order valence-corrected chi connectivity index (χ2v) is 8.43. The van der Waals surface area contributed by atoms with Crippen molar-refractivity contribution in [2.75, 3.05) is 5.32 Å². The standard InChI is InChI=1S/C28H25BrN2O/c1-20-14-15-24(19-23(11-6-16-29)21-8-3-2-4-9-21)25(18-20)28(32)31-26-13-5-10-22-12-7-17-30-27(22)26/h2-10,12-18,23H,11,19H2,1H3,(H,31,32)/b16-6+. The number of para-hydroxylation sites is 1. The van der Waals surface area contributed by atoms with Crippen molar-refractivity contribution in [3.8, 4) is 0 Å². The van der Waals surface area contributed by atoms with Crippen molar-refractivity contribution in [2.24, 2.45) is 0 Å². The molecule has 0 saturated carbocycles. The van der Waals surface area contributed by atoms with Crippen molar-refractivity contribution < 1.29 is 4.79 Å². The van der Waals surface area contributed by atoms with E-state index < -0.39 is 0 Å². The lowest BCUT2D eigenvalue weighted by Crippen LogP contribution is -2.16. The Labute approximate surface area is 197 Å². The van der Waals surface area contributed by atoms with Gasteiger partial charge in [0.05, 0.1) is 11.2 Å². The molecule has 0 fully saturated rings. The van der Waals surface area contributed by atoms with E-state index in [9.17, 15) is 4.79 Å².